The zero-order chi connectivity index (χ0) is 17.8. The summed E-state index contributed by atoms with van der Waals surface area (Å²) in [7, 11) is -4.59. The van der Waals surface area contributed by atoms with E-state index < -0.39 is 15.2 Å². The molecule has 0 bridgehead atoms. The maximum absolute atomic E-state index is 14.0. The van der Waals surface area contributed by atoms with Crippen LogP contribution in [0.2, 0.25) is 13.1 Å². The van der Waals surface area contributed by atoms with Gasteiger partial charge in [0.25, 0.3) is 0 Å². The first-order valence-electron chi connectivity index (χ1n) is 8.49. The zero-order valence-corrected chi connectivity index (χ0v) is 16.6. The molecule has 1 nitrogen and oxygen atoms in total. The minimum Gasteiger partial charge on any atom is -0.309 e. The topological polar surface area (TPSA) is 17.1 Å². The van der Waals surface area contributed by atoms with Crippen molar-refractivity contribution in [2.24, 2.45) is 0 Å². The van der Waals surface area contributed by atoms with E-state index in [2.05, 4.69) is 43.1 Å². The van der Waals surface area contributed by atoms with Crippen molar-refractivity contribution in [1.29, 1.82) is 0 Å². The molecule has 0 saturated heterocycles. The Bertz CT molecular complexity index is 844. The van der Waals surface area contributed by atoms with Gasteiger partial charge in [-0.25, -0.2) is 0 Å². The molecule has 0 atom stereocenters. The SMILES string of the molecule is C[Si](C)(/C=C\P(=O)(c1ccccc1)c1ccccc1)c1ccccc1. The van der Waals surface area contributed by atoms with Gasteiger partial charge in [-0.1, -0.05) is 115 Å². The summed E-state index contributed by atoms with van der Waals surface area (Å²) in [5.41, 5.74) is 2.23. The molecule has 0 aliphatic carbocycles. The lowest BCUT2D eigenvalue weighted by molar-refractivity contribution is 0.592. The molecule has 0 aromatic heterocycles. The number of hydrogen-bond donors (Lipinski definition) is 0. The molecule has 3 aromatic carbocycles. The van der Waals surface area contributed by atoms with Gasteiger partial charge in [-0.2, -0.15) is 0 Å². The molecule has 0 unspecified atom stereocenters. The van der Waals surface area contributed by atoms with E-state index in [0.29, 0.717) is 0 Å². The van der Waals surface area contributed by atoms with E-state index in [0.717, 1.165) is 10.6 Å². The maximum atomic E-state index is 14.0. The van der Waals surface area contributed by atoms with Crippen LogP contribution in [-0.4, -0.2) is 8.07 Å². The molecule has 0 heterocycles. The first kappa shape index (κ1) is 17.7. The predicted molar refractivity (Wildman–Crippen MR) is 112 cm³/mol. The fourth-order valence-corrected chi connectivity index (χ4v) is 8.32. The molecule has 0 aliphatic heterocycles. The van der Waals surface area contributed by atoms with Crippen LogP contribution < -0.4 is 15.8 Å². The van der Waals surface area contributed by atoms with Crippen molar-refractivity contribution < 1.29 is 4.57 Å². The van der Waals surface area contributed by atoms with E-state index in [4.69, 9.17) is 0 Å². The summed E-state index contributed by atoms with van der Waals surface area (Å²) in [5.74, 6) is 1.98. The third-order valence-corrected chi connectivity index (χ3v) is 10.3. The summed E-state index contributed by atoms with van der Waals surface area (Å²) in [6.45, 7) is 4.58. The van der Waals surface area contributed by atoms with Crippen molar-refractivity contribution in [3.8, 4) is 0 Å². The molecule has 0 N–H and O–H groups in total. The minimum atomic E-state index is -2.79. The standard InChI is InChI=1S/C22H23OPSi/c1-25(2,22-16-10-5-11-17-22)19-18-24(23,20-12-6-3-7-13-20)21-14-8-4-9-15-21/h3-19H,1-2H3/b19-18-. The van der Waals surface area contributed by atoms with Crippen molar-refractivity contribution in [3.05, 3.63) is 103 Å². The Morgan fingerprint density at radius 3 is 1.52 bits per heavy atom. The summed E-state index contributed by atoms with van der Waals surface area (Å²) >= 11 is 0. The smallest absolute Gasteiger partial charge is 0.163 e. The van der Waals surface area contributed by atoms with Gasteiger partial charge in [0.1, 0.15) is 8.07 Å². The molecule has 0 fully saturated rings. The molecule has 0 saturated carbocycles. The third-order valence-electron chi connectivity index (χ3n) is 4.50. The Balaban J connectivity index is 2.07. The normalized spacial score (nSPS) is 12.4. The van der Waals surface area contributed by atoms with Gasteiger partial charge in [0.05, 0.1) is 0 Å². The summed E-state index contributed by atoms with van der Waals surface area (Å²) in [6.07, 6.45) is 0. The van der Waals surface area contributed by atoms with Crippen LogP contribution in [0.25, 0.3) is 0 Å². The van der Waals surface area contributed by atoms with Gasteiger partial charge in [-0.15, -0.1) is 0 Å². The van der Waals surface area contributed by atoms with E-state index in [9.17, 15) is 4.57 Å². The van der Waals surface area contributed by atoms with Crippen molar-refractivity contribution in [3.63, 3.8) is 0 Å². The van der Waals surface area contributed by atoms with Gasteiger partial charge in [0, 0.05) is 10.6 Å². The van der Waals surface area contributed by atoms with Gasteiger partial charge in [-0.05, 0) is 5.82 Å². The van der Waals surface area contributed by atoms with Crippen LogP contribution in [0.15, 0.2) is 103 Å². The first-order chi connectivity index (χ1) is 12.0. The van der Waals surface area contributed by atoms with Gasteiger partial charge in [0.2, 0.25) is 0 Å². The molecule has 0 radical (unpaired) electrons. The van der Waals surface area contributed by atoms with E-state index in [1.165, 1.54) is 5.19 Å². The lowest BCUT2D eigenvalue weighted by Crippen LogP contribution is -2.39. The highest BCUT2D eigenvalue weighted by atomic mass is 31.2. The van der Waals surface area contributed by atoms with Crippen molar-refractivity contribution in [2.45, 2.75) is 13.1 Å². The second-order valence-electron chi connectivity index (χ2n) is 6.73. The van der Waals surface area contributed by atoms with Gasteiger partial charge in [-0.3, -0.25) is 0 Å². The Labute approximate surface area is 151 Å². The first-order valence-corrected chi connectivity index (χ1v) is 13.3. The van der Waals surface area contributed by atoms with Crippen LogP contribution in [0.1, 0.15) is 0 Å². The predicted octanol–water partition coefficient (Wildman–Crippen LogP) is 4.67. The lowest BCUT2D eigenvalue weighted by atomic mass is 10.4. The van der Waals surface area contributed by atoms with Gasteiger partial charge >= 0.3 is 0 Å². The molecule has 0 aliphatic rings. The largest absolute Gasteiger partial charge is 0.309 e. The van der Waals surface area contributed by atoms with Crippen LogP contribution in [0.3, 0.4) is 0 Å². The van der Waals surface area contributed by atoms with Crippen molar-refractivity contribution in [1.82, 2.24) is 0 Å². The molecule has 0 spiro atoms. The van der Waals surface area contributed by atoms with E-state index in [-0.39, 0.29) is 0 Å². The summed E-state index contributed by atoms with van der Waals surface area (Å²) in [5, 5.41) is 3.12. The summed E-state index contributed by atoms with van der Waals surface area (Å²) in [6, 6.07) is 30.2. The monoisotopic (exact) mass is 362 g/mol. The fourth-order valence-electron chi connectivity index (χ4n) is 2.88. The highest BCUT2D eigenvalue weighted by Gasteiger charge is 2.27. The van der Waals surface area contributed by atoms with Crippen molar-refractivity contribution >= 4 is 31.0 Å². The van der Waals surface area contributed by atoms with Crippen LogP contribution in [-0.2, 0) is 4.57 Å². The fraction of sp³-hybridized carbons (Fsp3) is 0.0909. The number of rotatable bonds is 5. The second kappa shape index (κ2) is 7.39. The molecular formula is C22H23OPSi. The molecular weight excluding hydrogens is 339 g/mol. The minimum absolute atomic E-state index is 0.885. The lowest BCUT2D eigenvalue weighted by Gasteiger charge is -2.21. The second-order valence-corrected chi connectivity index (χ2v) is 13.7. The molecule has 3 aromatic rings. The average molecular weight is 362 g/mol. The van der Waals surface area contributed by atoms with Gasteiger partial charge in [0.15, 0.2) is 7.14 Å². The number of benzene rings is 3. The maximum Gasteiger partial charge on any atom is 0.163 e. The van der Waals surface area contributed by atoms with Crippen LogP contribution in [0.4, 0.5) is 0 Å². The molecule has 0 amide bonds. The highest BCUT2D eigenvalue weighted by Crippen LogP contribution is 2.45. The molecule has 126 valence electrons. The van der Waals surface area contributed by atoms with Gasteiger partial charge < -0.3 is 4.57 Å². The van der Waals surface area contributed by atoms with E-state index in [1.54, 1.807) is 0 Å². The molecule has 3 rings (SSSR count). The zero-order valence-electron chi connectivity index (χ0n) is 14.7. The highest BCUT2D eigenvalue weighted by molar-refractivity contribution is 7.81. The third kappa shape index (κ3) is 3.92. The van der Waals surface area contributed by atoms with Crippen molar-refractivity contribution in [2.75, 3.05) is 0 Å². The molecule has 25 heavy (non-hydrogen) atoms. The van der Waals surface area contributed by atoms with E-state index in [1.807, 2.05) is 72.5 Å². The average Bonchev–Trinajstić information content (AvgIpc) is 2.68. The van der Waals surface area contributed by atoms with Crippen LogP contribution >= 0.6 is 7.14 Å². The Hall–Kier alpha value is -2.15. The van der Waals surface area contributed by atoms with E-state index >= 15 is 0 Å². The van der Waals surface area contributed by atoms with Crippen LogP contribution in [0.5, 0.6) is 0 Å². The summed E-state index contributed by atoms with van der Waals surface area (Å²) < 4.78 is 14.0. The summed E-state index contributed by atoms with van der Waals surface area (Å²) in [4.78, 5) is 0. The Morgan fingerprint density at radius 1 is 0.680 bits per heavy atom. The Morgan fingerprint density at radius 2 is 1.08 bits per heavy atom. The molecule has 3 heteroatoms. The van der Waals surface area contributed by atoms with Crippen LogP contribution in [0, 0.1) is 0 Å². The number of hydrogen-bond acceptors (Lipinski definition) is 1. The quantitative estimate of drug-likeness (QED) is 0.476. The Kier molecular flexibility index (Phi) is 5.22.